The third kappa shape index (κ3) is 3.53. The van der Waals surface area contributed by atoms with E-state index in [2.05, 4.69) is 20.8 Å². The number of hydrogen-bond donors (Lipinski definition) is 1. The molecule has 1 saturated heterocycles. The van der Waals surface area contributed by atoms with Crippen LogP contribution in [-0.4, -0.2) is 29.2 Å². The fourth-order valence-corrected chi connectivity index (χ4v) is 3.00. The van der Waals surface area contributed by atoms with Crippen molar-refractivity contribution in [2.45, 2.75) is 38.3 Å². The van der Waals surface area contributed by atoms with Gasteiger partial charge in [-0.2, -0.15) is 0 Å². The van der Waals surface area contributed by atoms with E-state index in [-0.39, 0.29) is 18.5 Å². The Morgan fingerprint density at radius 2 is 2.17 bits per heavy atom. The maximum atomic E-state index is 13.1. The Balaban J connectivity index is 2.10. The van der Waals surface area contributed by atoms with Crippen molar-refractivity contribution in [1.82, 2.24) is 4.90 Å². The predicted octanol–water partition coefficient (Wildman–Crippen LogP) is 3.33. The second-order valence-electron chi connectivity index (χ2n) is 4.89. The Labute approximate surface area is 116 Å². The maximum absolute atomic E-state index is 13.1. The van der Waals surface area contributed by atoms with E-state index in [9.17, 15) is 9.50 Å². The summed E-state index contributed by atoms with van der Waals surface area (Å²) in [7, 11) is 0. The van der Waals surface area contributed by atoms with Gasteiger partial charge < -0.3 is 5.11 Å². The summed E-state index contributed by atoms with van der Waals surface area (Å²) >= 11 is 3.41. The van der Waals surface area contributed by atoms with Gasteiger partial charge in [-0.15, -0.1) is 0 Å². The molecule has 0 spiro atoms. The molecule has 1 fully saturated rings. The van der Waals surface area contributed by atoms with Crippen LogP contribution in [0.15, 0.2) is 22.7 Å². The molecule has 0 radical (unpaired) electrons. The molecule has 4 heteroatoms. The van der Waals surface area contributed by atoms with Crippen molar-refractivity contribution in [1.29, 1.82) is 0 Å². The molecule has 1 heterocycles. The van der Waals surface area contributed by atoms with Crippen LogP contribution in [-0.2, 0) is 6.54 Å². The molecule has 100 valence electrons. The number of benzene rings is 1. The molecule has 1 atom stereocenters. The molecule has 0 aromatic heterocycles. The number of hydrogen-bond acceptors (Lipinski definition) is 2. The minimum atomic E-state index is -0.222. The number of aliphatic hydroxyl groups is 1. The first-order chi connectivity index (χ1) is 8.70. The number of rotatable bonds is 3. The Bertz CT molecular complexity index is 399. The molecule has 1 aromatic rings. The lowest BCUT2D eigenvalue weighted by Crippen LogP contribution is -2.37. The highest BCUT2D eigenvalue weighted by molar-refractivity contribution is 9.10. The van der Waals surface area contributed by atoms with E-state index in [1.54, 1.807) is 0 Å². The van der Waals surface area contributed by atoms with Gasteiger partial charge in [0.25, 0.3) is 0 Å². The minimum Gasteiger partial charge on any atom is -0.395 e. The number of halogens is 2. The van der Waals surface area contributed by atoms with Gasteiger partial charge in [0.05, 0.1) is 6.61 Å². The molecule has 2 nitrogen and oxygen atoms in total. The van der Waals surface area contributed by atoms with Crippen molar-refractivity contribution in [3.8, 4) is 0 Å². The molecule has 0 amide bonds. The summed E-state index contributed by atoms with van der Waals surface area (Å²) in [5, 5.41) is 9.46. The number of likely N-dealkylation sites (tertiary alicyclic amines) is 1. The van der Waals surface area contributed by atoms with Gasteiger partial charge in [0.1, 0.15) is 5.82 Å². The van der Waals surface area contributed by atoms with Gasteiger partial charge in [-0.05, 0) is 37.1 Å². The summed E-state index contributed by atoms with van der Waals surface area (Å²) in [6.07, 6.45) is 4.65. The van der Waals surface area contributed by atoms with Gasteiger partial charge in [-0.1, -0.05) is 34.8 Å². The van der Waals surface area contributed by atoms with Crippen molar-refractivity contribution in [3.05, 3.63) is 34.1 Å². The van der Waals surface area contributed by atoms with Crippen LogP contribution >= 0.6 is 15.9 Å². The normalized spacial score (nSPS) is 21.8. The summed E-state index contributed by atoms with van der Waals surface area (Å²) in [6, 6.07) is 5.05. The summed E-state index contributed by atoms with van der Waals surface area (Å²) in [5.74, 6) is -0.222. The highest BCUT2D eigenvalue weighted by Gasteiger charge is 2.20. The van der Waals surface area contributed by atoms with Gasteiger partial charge in [-0.3, -0.25) is 4.90 Å². The summed E-state index contributed by atoms with van der Waals surface area (Å²) in [5.41, 5.74) is 1.08. The van der Waals surface area contributed by atoms with Crippen LogP contribution in [0, 0.1) is 5.82 Å². The second kappa shape index (κ2) is 6.64. The highest BCUT2D eigenvalue weighted by atomic mass is 79.9. The zero-order valence-electron chi connectivity index (χ0n) is 10.4. The molecule has 1 aromatic carbocycles. The largest absolute Gasteiger partial charge is 0.395 e. The first kappa shape index (κ1) is 14.0. The van der Waals surface area contributed by atoms with Gasteiger partial charge in [0.15, 0.2) is 0 Å². The minimum absolute atomic E-state index is 0.207. The molecular weight excluding hydrogens is 297 g/mol. The molecule has 1 unspecified atom stereocenters. The second-order valence-corrected chi connectivity index (χ2v) is 5.75. The molecule has 0 saturated carbocycles. The highest BCUT2D eigenvalue weighted by Crippen LogP contribution is 2.23. The van der Waals surface area contributed by atoms with Crippen LogP contribution in [0.1, 0.15) is 31.2 Å². The fourth-order valence-electron chi connectivity index (χ4n) is 2.52. The Hall–Kier alpha value is -0.450. The van der Waals surface area contributed by atoms with Crippen molar-refractivity contribution >= 4 is 15.9 Å². The lowest BCUT2D eigenvalue weighted by Gasteiger charge is -2.28. The number of aliphatic hydroxyl groups excluding tert-OH is 1. The topological polar surface area (TPSA) is 23.5 Å². The smallest absolute Gasteiger partial charge is 0.124 e. The zero-order valence-corrected chi connectivity index (χ0v) is 12.0. The van der Waals surface area contributed by atoms with Crippen LogP contribution in [0.4, 0.5) is 4.39 Å². The first-order valence-corrected chi connectivity index (χ1v) is 7.29. The summed E-state index contributed by atoms with van der Waals surface area (Å²) in [4.78, 5) is 2.31. The van der Waals surface area contributed by atoms with Crippen LogP contribution in [0.2, 0.25) is 0 Å². The van der Waals surface area contributed by atoms with Crippen molar-refractivity contribution in [2.24, 2.45) is 0 Å². The molecular formula is C14H19BrFNO. The molecule has 1 aliphatic heterocycles. The molecule has 1 N–H and O–H groups in total. The van der Waals surface area contributed by atoms with Crippen LogP contribution < -0.4 is 0 Å². The predicted molar refractivity (Wildman–Crippen MR) is 73.9 cm³/mol. The number of nitrogens with zero attached hydrogens (tertiary/aromatic N) is 1. The Morgan fingerprint density at radius 3 is 2.89 bits per heavy atom. The van der Waals surface area contributed by atoms with E-state index in [0.717, 1.165) is 29.5 Å². The van der Waals surface area contributed by atoms with E-state index in [1.807, 2.05) is 6.07 Å². The SMILES string of the molecule is OCC1CCCCCN1Cc1ccc(F)cc1Br. The Kier molecular flexibility index (Phi) is 5.15. The first-order valence-electron chi connectivity index (χ1n) is 6.49. The zero-order chi connectivity index (χ0) is 13.0. The van der Waals surface area contributed by atoms with Crippen LogP contribution in [0.5, 0.6) is 0 Å². The Morgan fingerprint density at radius 1 is 1.33 bits per heavy atom. The third-order valence-corrected chi connectivity index (χ3v) is 4.34. The lowest BCUT2D eigenvalue weighted by molar-refractivity contribution is 0.118. The van der Waals surface area contributed by atoms with E-state index in [1.165, 1.54) is 31.4 Å². The monoisotopic (exact) mass is 315 g/mol. The summed E-state index contributed by atoms with van der Waals surface area (Å²) < 4.78 is 13.9. The van der Waals surface area contributed by atoms with E-state index in [4.69, 9.17) is 0 Å². The van der Waals surface area contributed by atoms with Gasteiger partial charge in [0, 0.05) is 17.1 Å². The van der Waals surface area contributed by atoms with Crippen molar-refractivity contribution < 1.29 is 9.50 Å². The molecule has 18 heavy (non-hydrogen) atoms. The average molecular weight is 316 g/mol. The quantitative estimate of drug-likeness (QED) is 0.925. The third-order valence-electron chi connectivity index (χ3n) is 3.60. The van der Waals surface area contributed by atoms with Crippen LogP contribution in [0.25, 0.3) is 0 Å². The summed E-state index contributed by atoms with van der Waals surface area (Å²) in [6.45, 7) is 1.99. The van der Waals surface area contributed by atoms with Crippen molar-refractivity contribution in [2.75, 3.05) is 13.2 Å². The van der Waals surface area contributed by atoms with E-state index >= 15 is 0 Å². The standard InChI is InChI=1S/C14H19BrFNO/c15-14-8-12(16)6-5-11(14)9-17-7-3-1-2-4-13(17)10-18/h5-6,8,13,18H,1-4,7,9-10H2. The molecule has 0 bridgehead atoms. The van der Waals surface area contributed by atoms with Crippen LogP contribution in [0.3, 0.4) is 0 Å². The van der Waals surface area contributed by atoms with E-state index < -0.39 is 0 Å². The maximum Gasteiger partial charge on any atom is 0.124 e. The average Bonchev–Trinajstić information content (AvgIpc) is 2.57. The molecule has 2 rings (SSSR count). The van der Waals surface area contributed by atoms with Gasteiger partial charge in [-0.25, -0.2) is 4.39 Å². The fraction of sp³-hybridized carbons (Fsp3) is 0.571. The molecule has 0 aliphatic carbocycles. The van der Waals surface area contributed by atoms with E-state index in [0.29, 0.717) is 0 Å². The molecule has 1 aliphatic rings. The van der Waals surface area contributed by atoms with Gasteiger partial charge >= 0.3 is 0 Å². The van der Waals surface area contributed by atoms with Crippen molar-refractivity contribution in [3.63, 3.8) is 0 Å². The lowest BCUT2D eigenvalue weighted by atomic mass is 10.1. The van der Waals surface area contributed by atoms with Gasteiger partial charge in [0.2, 0.25) is 0 Å².